The molecule has 1 atom stereocenters. The highest BCUT2D eigenvalue weighted by atomic mass is 35.5. The minimum absolute atomic E-state index is 0.000330. The summed E-state index contributed by atoms with van der Waals surface area (Å²) in [4.78, 5) is 17.9. The van der Waals surface area contributed by atoms with Crippen molar-refractivity contribution in [1.82, 2.24) is 10.3 Å². The summed E-state index contributed by atoms with van der Waals surface area (Å²) in [6, 6.07) is 19.1. The van der Waals surface area contributed by atoms with Crippen molar-refractivity contribution in [2.24, 2.45) is 0 Å². The van der Waals surface area contributed by atoms with Gasteiger partial charge in [0.15, 0.2) is 0 Å². The zero-order valence-corrected chi connectivity index (χ0v) is 20.6. The molecule has 4 aromatic rings. The SMILES string of the molecule is O=C(N[C@](Cc1ccccc1)(c1cccc(OC(F)F)c1)c1ccc(Cl)cn1)c1ccc(F)c(C(F)(F)F)c1. The molecule has 11 heteroatoms. The Morgan fingerprint density at radius 1 is 0.949 bits per heavy atom. The van der Waals surface area contributed by atoms with Crippen LogP contribution in [0.5, 0.6) is 5.75 Å². The summed E-state index contributed by atoms with van der Waals surface area (Å²) in [6.45, 7) is -3.13. The highest BCUT2D eigenvalue weighted by Gasteiger charge is 2.40. The van der Waals surface area contributed by atoms with Crippen LogP contribution in [0.2, 0.25) is 5.02 Å². The third-order valence-electron chi connectivity index (χ3n) is 5.89. The summed E-state index contributed by atoms with van der Waals surface area (Å²) in [7, 11) is 0. The van der Waals surface area contributed by atoms with Crippen molar-refractivity contribution in [3.8, 4) is 5.75 Å². The standard InChI is InChI=1S/C28H19ClF6N2O2/c29-20-10-12-24(36-16-20)27(15-17-5-2-1-3-6-17,19-7-4-8-21(14-19)39-26(31)32)37-25(38)18-9-11-23(30)22(13-18)28(33,34)35/h1-14,16,26H,15H2,(H,37,38)/t27-/m1/s1. The second-order valence-electron chi connectivity index (χ2n) is 8.48. The number of pyridine rings is 1. The maximum absolute atomic E-state index is 13.9. The molecule has 0 aliphatic carbocycles. The van der Waals surface area contributed by atoms with Crippen molar-refractivity contribution in [2.75, 3.05) is 0 Å². The third kappa shape index (κ3) is 6.51. The van der Waals surface area contributed by atoms with E-state index in [9.17, 15) is 31.1 Å². The van der Waals surface area contributed by atoms with Crippen LogP contribution < -0.4 is 10.1 Å². The molecule has 4 rings (SSSR count). The van der Waals surface area contributed by atoms with E-state index in [-0.39, 0.29) is 28.5 Å². The number of nitrogens with zero attached hydrogens (tertiary/aromatic N) is 1. The zero-order valence-electron chi connectivity index (χ0n) is 19.9. The van der Waals surface area contributed by atoms with Gasteiger partial charge in [0, 0.05) is 18.2 Å². The maximum Gasteiger partial charge on any atom is 0.419 e. The van der Waals surface area contributed by atoms with Crippen LogP contribution in [-0.2, 0) is 18.1 Å². The number of nitrogens with one attached hydrogen (secondary N) is 1. The number of rotatable bonds is 8. The monoisotopic (exact) mass is 564 g/mol. The van der Waals surface area contributed by atoms with Crippen LogP contribution in [0.15, 0.2) is 91.1 Å². The van der Waals surface area contributed by atoms with E-state index in [4.69, 9.17) is 11.6 Å². The smallest absolute Gasteiger partial charge is 0.419 e. The molecule has 0 radical (unpaired) electrons. The van der Waals surface area contributed by atoms with Gasteiger partial charge in [-0.2, -0.15) is 22.0 Å². The Morgan fingerprint density at radius 3 is 2.33 bits per heavy atom. The average Bonchev–Trinajstić information content (AvgIpc) is 2.88. The van der Waals surface area contributed by atoms with E-state index >= 15 is 0 Å². The number of ether oxygens (including phenoxy) is 1. The van der Waals surface area contributed by atoms with Gasteiger partial charge in [-0.15, -0.1) is 0 Å². The van der Waals surface area contributed by atoms with E-state index in [0.29, 0.717) is 17.7 Å². The van der Waals surface area contributed by atoms with Gasteiger partial charge >= 0.3 is 12.8 Å². The molecule has 3 aromatic carbocycles. The van der Waals surface area contributed by atoms with Crippen LogP contribution in [0.3, 0.4) is 0 Å². The quantitative estimate of drug-likeness (QED) is 0.227. The van der Waals surface area contributed by atoms with Crippen molar-refractivity contribution >= 4 is 17.5 Å². The molecule has 1 heterocycles. The van der Waals surface area contributed by atoms with E-state index in [1.165, 1.54) is 42.6 Å². The molecule has 0 bridgehead atoms. The molecule has 0 aliphatic heterocycles. The summed E-state index contributed by atoms with van der Waals surface area (Å²) in [5.41, 5.74) is -2.58. The number of carbonyl (C=O) groups is 1. The van der Waals surface area contributed by atoms with E-state index in [0.717, 1.165) is 6.07 Å². The summed E-state index contributed by atoms with van der Waals surface area (Å²) >= 11 is 6.03. The predicted octanol–water partition coefficient (Wildman–Crippen LogP) is 7.41. The van der Waals surface area contributed by atoms with Crippen LogP contribution in [-0.4, -0.2) is 17.5 Å². The molecule has 0 fully saturated rings. The highest BCUT2D eigenvalue weighted by Crippen LogP contribution is 2.36. The topological polar surface area (TPSA) is 51.2 Å². The molecule has 4 nitrogen and oxygen atoms in total. The van der Waals surface area contributed by atoms with Gasteiger partial charge in [-0.25, -0.2) is 4.39 Å². The molecular weight excluding hydrogens is 546 g/mol. The Hall–Kier alpha value is -4.05. The number of benzene rings is 3. The van der Waals surface area contributed by atoms with Gasteiger partial charge in [0.25, 0.3) is 5.91 Å². The fourth-order valence-corrected chi connectivity index (χ4v) is 4.25. The lowest BCUT2D eigenvalue weighted by Gasteiger charge is -2.36. The van der Waals surface area contributed by atoms with E-state index < -0.39 is 41.2 Å². The first-order valence-corrected chi connectivity index (χ1v) is 11.8. The first kappa shape index (κ1) is 28.0. The van der Waals surface area contributed by atoms with Crippen molar-refractivity contribution in [1.29, 1.82) is 0 Å². The summed E-state index contributed by atoms with van der Waals surface area (Å²) in [5, 5.41) is 3.01. The van der Waals surface area contributed by atoms with Crippen LogP contribution in [0, 0.1) is 5.82 Å². The zero-order chi connectivity index (χ0) is 28.2. The molecule has 0 saturated carbocycles. The number of hydrogen-bond donors (Lipinski definition) is 1. The lowest BCUT2D eigenvalue weighted by molar-refractivity contribution is -0.140. The minimum atomic E-state index is -5.04. The first-order chi connectivity index (χ1) is 18.5. The largest absolute Gasteiger partial charge is 0.435 e. The first-order valence-electron chi connectivity index (χ1n) is 11.4. The van der Waals surface area contributed by atoms with Crippen molar-refractivity contribution in [2.45, 2.75) is 24.7 Å². The molecule has 0 unspecified atom stereocenters. The molecule has 39 heavy (non-hydrogen) atoms. The maximum atomic E-state index is 13.9. The molecule has 0 saturated heterocycles. The second kappa shape index (κ2) is 11.4. The number of hydrogen-bond acceptors (Lipinski definition) is 3. The van der Waals surface area contributed by atoms with E-state index in [1.807, 2.05) is 0 Å². The van der Waals surface area contributed by atoms with Crippen LogP contribution in [0.25, 0.3) is 0 Å². The fraction of sp³-hybridized carbons (Fsp3) is 0.143. The Morgan fingerprint density at radius 2 is 1.69 bits per heavy atom. The Bertz CT molecular complexity index is 1450. The second-order valence-corrected chi connectivity index (χ2v) is 8.92. The molecule has 0 aliphatic rings. The molecule has 202 valence electrons. The summed E-state index contributed by atoms with van der Waals surface area (Å²) < 4.78 is 84.6. The lowest BCUT2D eigenvalue weighted by Crippen LogP contribution is -2.49. The number of aromatic nitrogens is 1. The highest BCUT2D eigenvalue weighted by molar-refractivity contribution is 6.30. The molecule has 0 spiro atoms. The minimum Gasteiger partial charge on any atom is -0.435 e. The number of halogens is 7. The molecule has 1 N–H and O–H groups in total. The lowest BCUT2D eigenvalue weighted by atomic mass is 9.80. The van der Waals surface area contributed by atoms with Crippen LogP contribution >= 0.6 is 11.6 Å². The van der Waals surface area contributed by atoms with Crippen molar-refractivity contribution in [3.63, 3.8) is 0 Å². The Balaban J connectivity index is 1.91. The molecule has 1 amide bonds. The van der Waals surface area contributed by atoms with Gasteiger partial charge in [0.2, 0.25) is 0 Å². The van der Waals surface area contributed by atoms with Crippen LogP contribution in [0.4, 0.5) is 26.3 Å². The van der Waals surface area contributed by atoms with Gasteiger partial charge in [0.05, 0.1) is 16.3 Å². The summed E-state index contributed by atoms with van der Waals surface area (Å²) in [5.74, 6) is -2.75. The van der Waals surface area contributed by atoms with Crippen LogP contribution in [0.1, 0.15) is 32.7 Å². The Labute approximate surface area is 224 Å². The van der Waals surface area contributed by atoms with E-state index in [2.05, 4.69) is 15.0 Å². The van der Waals surface area contributed by atoms with Crippen molar-refractivity contribution in [3.05, 3.63) is 130 Å². The normalized spacial score (nSPS) is 13.1. The number of alkyl halides is 5. The number of carbonyl (C=O) groups excluding carboxylic acids is 1. The van der Waals surface area contributed by atoms with Crippen molar-refractivity contribution < 1.29 is 35.9 Å². The van der Waals surface area contributed by atoms with Gasteiger partial charge in [-0.3, -0.25) is 9.78 Å². The van der Waals surface area contributed by atoms with Gasteiger partial charge < -0.3 is 10.1 Å². The molecular formula is C28H19ClF6N2O2. The predicted molar refractivity (Wildman–Crippen MR) is 132 cm³/mol. The average molecular weight is 565 g/mol. The molecule has 1 aromatic heterocycles. The number of amides is 1. The van der Waals surface area contributed by atoms with Gasteiger partial charge in [-0.1, -0.05) is 54.1 Å². The summed E-state index contributed by atoms with van der Waals surface area (Å²) in [6.07, 6.45) is -3.73. The van der Waals surface area contributed by atoms with E-state index in [1.54, 1.807) is 30.3 Å². The third-order valence-corrected chi connectivity index (χ3v) is 6.11. The van der Waals surface area contributed by atoms with Gasteiger partial charge in [-0.05, 0) is 53.6 Å². The van der Waals surface area contributed by atoms with Gasteiger partial charge in [0.1, 0.15) is 17.1 Å². The fourth-order valence-electron chi connectivity index (χ4n) is 4.14. The Kier molecular flexibility index (Phi) is 8.15.